The Morgan fingerprint density at radius 1 is 1.16 bits per heavy atom. The highest BCUT2D eigenvalue weighted by Crippen LogP contribution is 2.23. The predicted molar refractivity (Wildman–Crippen MR) is 77.0 cm³/mol. The van der Waals surface area contributed by atoms with Gasteiger partial charge in [0.25, 0.3) is 5.91 Å². The van der Waals surface area contributed by atoms with Gasteiger partial charge in [-0.25, -0.2) is 0 Å². The fourth-order valence-corrected chi connectivity index (χ4v) is 2.10. The molecule has 0 fully saturated rings. The van der Waals surface area contributed by atoms with E-state index in [4.69, 9.17) is 11.6 Å². The molecule has 98 valence electrons. The highest BCUT2D eigenvalue weighted by atomic mass is 35.5. The van der Waals surface area contributed by atoms with Gasteiger partial charge in [-0.1, -0.05) is 17.7 Å². The Hall–Kier alpha value is -2.00. The minimum Gasteiger partial charge on any atom is -0.508 e. The number of hydrogen-bond acceptors (Lipinski definition) is 2. The molecule has 0 heterocycles. The minimum absolute atomic E-state index is 0.170. The van der Waals surface area contributed by atoms with Gasteiger partial charge in [0.2, 0.25) is 0 Å². The molecular weight excluding hydrogens is 262 g/mol. The number of rotatable bonds is 2. The van der Waals surface area contributed by atoms with E-state index in [2.05, 4.69) is 5.32 Å². The smallest absolute Gasteiger partial charge is 0.257 e. The predicted octanol–water partition coefficient (Wildman–Crippen LogP) is 3.91. The maximum atomic E-state index is 12.1. The van der Waals surface area contributed by atoms with Crippen molar-refractivity contribution in [1.82, 2.24) is 0 Å². The number of aromatic hydroxyl groups is 1. The van der Waals surface area contributed by atoms with E-state index < -0.39 is 0 Å². The molecule has 0 bridgehead atoms. The summed E-state index contributed by atoms with van der Waals surface area (Å²) in [5.41, 5.74) is 2.87. The molecule has 0 aliphatic carbocycles. The second-order valence-electron chi connectivity index (χ2n) is 4.44. The molecule has 0 saturated heterocycles. The fourth-order valence-electron chi connectivity index (χ4n) is 1.78. The van der Waals surface area contributed by atoms with Crippen molar-refractivity contribution in [3.05, 3.63) is 58.1 Å². The van der Waals surface area contributed by atoms with Crippen LogP contribution in [0.25, 0.3) is 0 Å². The number of anilines is 1. The number of phenolic OH excluding ortho intramolecular Hbond substituents is 1. The number of aryl methyl sites for hydroxylation is 2. The van der Waals surface area contributed by atoms with Crippen molar-refractivity contribution < 1.29 is 9.90 Å². The highest BCUT2D eigenvalue weighted by Gasteiger charge is 2.11. The first-order valence-electron chi connectivity index (χ1n) is 5.84. The first-order chi connectivity index (χ1) is 8.97. The second-order valence-corrected chi connectivity index (χ2v) is 4.84. The fraction of sp³-hybridized carbons (Fsp3) is 0.133. The standard InChI is InChI=1S/C15H14ClNO2/c1-9-3-5-12(13(16)7-9)15(19)17-14-6-4-11(18)8-10(14)2/h3-8,18H,1-2H3,(H,17,19). The maximum absolute atomic E-state index is 12.1. The Balaban J connectivity index is 2.25. The molecule has 2 aromatic carbocycles. The van der Waals surface area contributed by atoms with Gasteiger partial charge in [0.1, 0.15) is 5.75 Å². The molecule has 0 saturated carbocycles. The molecular formula is C15H14ClNO2. The summed E-state index contributed by atoms with van der Waals surface area (Å²) in [5.74, 6) is -0.0948. The zero-order valence-electron chi connectivity index (χ0n) is 10.7. The lowest BCUT2D eigenvalue weighted by molar-refractivity contribution is 0.102. The van der Waals surface area contributed by atoms with Crippen LogP contribution in [-0.2, 0) is 0 Å². The number of carbonyl (C=O) groups excluding carboxylic acids is 1. The maximum Gasteiger partial charge on any atom is 0.257 e. The van der Waals surface area contributed by atoms with Crippen LogP contribution in [0.1, 0.15) is 21.5 Å². The third-order valence-corrected chi connectivity index (χ3v) is 3.14. The van der Waals surface area contributed by atoms with Crippen LogP contribution in [0, 0.1) is 13.8 Å². The lowest BCUT2D eigenvalue weighted by Gasteiger charge is -2.10. The Morgan fingerprint density at radius 2 is 1.89 bits per heavy atom. The Labute approximate surface area is 116 Å². The summed E-state index contributed by atoms with van der Waals surface area (Å²) in [4.78, 5) is 12.1. The SMILES string of the molecule is Cc1ccc(C(=O)Nc2ccc(O)cc2C)c(Cl)c1. The largest absolute Gasteiger partial charge is 0.508 e. The van der Waals surface area contributed by atoms with Crippen LogP contribution in [0.3, 0.4) is 0 Å². The van der Waals surface area contributed by atoms with Crippen molar-refractivity contribution in [2.24, 2.45) is 0 Å². The van der Waals surface area contributed by atoms with Crippen LogP contribution >= 0.6 is 11.6 Å². The third-order valence-electron chi connectivity index (χ3n) is 2.83. The van der Waals surface area contributed by atoms with E-state index in [9.17, 15) is 9.90 Å². The molecule has 0 aliphatic heterocycles. The molecule has 3 nitrogen and oxygen atoms in total. The summed E-state index contributed by atoms with van der Waals surface area (Å²) in [6.07, 6.45) is 0. The highest BCUT2D eigenvalue weighted by molar-refractivity contribution is 6.34. The van der Waals surface area contributed by atoms with Crippen LogP contribution in [0.15, 0.2) is 36.4 Å². The number of carbonyl (C=O) groups is 1. The lowest BCUT2D eigenvalue weighted by atomic mass is 10.1. The van der Waals surface area contributed by atoms with Gasteiger partial charge in [0, 0.05) is 5.69 Å². The van der Waals surface area contributed by atoms with E-state index in [1.54, 1.807) is 24.3 Å². The van der Waals surface area contributed by atoms with E-state index in [-0.39, 0.29) is 11.7 Å². The molecule has 4 heteroatoms. The molecule has 2 aromatic rings. The number of amides is 1. The number of phenols is 1. The minimum atomic E-state index is -0.265. The van der Waals surface area contributed by atoms with Crippen LogP contribution < -0.4 is 5.32 Å². The van der Waals surface area contributed by atoms with Gasteiger partial charge >= 0.3 is 0 Å². The van der Waals surface area contributed by atoms with Crippen molar-refractivity contribution in [3.63, 3.8) is 0 Å². The Morgan fingerprint density at radius 3 is 2.53 bits per heavy atom. The van der Waals surface area contributed by atoms with Crippen molar-refractivity contribution in [2.45, 2.75) is 13.8 Å². The molecule has 1 amide bonds. The zero-order chi connectivity index (χ0) is 14.0. The molecule has 2 N–H and O–H groups in total. The lowest BCUT2D eigenvalue weighted by Crippen LogP contribution is -2.13. The van der Waals surface area contributed by atoms with Crippen molar-refractivity contribution in [1.29, 1.82) is 0 Å². The zero-order valence-corrected chi connectivity index (χ0v) is 11.5. The number of nitrogens with one attached hydrogen (secondary N) is 1. The van der Waals surface area contributed by atoms with E-state index in [1.165, 1.54) is 6.07 Å². The van der Waals surface area contributed by atoms with E-state index in [0.717, 1.165) is 11.1 Å². The second kappa shape index (κ2) is 5.33. The average Bonchev–Trinajstić information content (AvgIpc) is 2.32. The summed E-state index contributed by atoms with van der Waals surface area (Å²) in [5, 5.41) is 12.5. The number of halogens is 1. The van der Waals surface area contributed by atoms with Gasteiger partial charge < -0.3 is 10.4 Å². The van der Waals surface area contributed by atoms with E-state index in [0.29, 0.717) is 16.3 Å². The quantitative estimate of drug-likeness (QED) is 0.816. The Bertz CT molecular complexity index is 638. The molecule has 0 spiro atoms. The van der Waals surface area contributed by atoms with Gasteiger partial charge in [-0.3, -0.25) is 4.79 Å². The number of benzene rings is 2. The van der Waals surface area contributed by atoms with Crippen LogP contribution in [0.2, 0.25) is 5.02 Å². The average molecular weight is 276 g/mol. The molecule has 0 aromatic heterocycles. The molecule has 0 aliphatic rings. The molecule has 2 rings (SSSR count). The first-order valence-corrected chi connectivity index (χ1v) is 6.22. The first kappa shape index (κ1) is 13.4. The summed E-state index contributed by atoms with van der Waals surface area (Å²) >= 11 is 6.05. The third kappa shape index (κ3) is 3.06. The van der Waals surface area contributed by atoms with Crippen LogP contribution in [0.4, 0.5) is 5.69 Å². The molecule has 0 atom stereocenters. The molecule has 0 radical (unpaired) electrons. The van der Waals surface area contributed by atoms with Gasteiger partial charge in [-0.05, 0) is 55.3 Å². The van der Waals surface area contributed by atoms with Gasteiger partial charge in [-0.15, -0.1) is 0 Å². The Kier molecular flexibility index (Phi) is 3.76. The summed E-state index contributed by atoms with van der Waals surface area (Å²) in [6, 6.07) is 10.1. The van der Waals surface area contributed by atoms with Crippen molar-refractivity contribution in [2.75, 3.05) is 5.32 Å². The molecule has 19 heavy (non-hydrogen) atoms. The van der Waals surface area contributed by atoms with Gasteiger partial charge in [0.05, 0.1) is 10.6 Å². The summed E-state index contributed by atoms with van der Waals surface area (Å²) < 4.78 is 0. The van der Waals surface area contributed by atoms with E-state index in [1.807, 2.05) is 19.9 Å². The number of hydrogen-bond donors (Lipinski definition) is 2. The van der Waals surface area contributed by atoms with Gasteiger partial charge in [0.15, 0.2) is 0 Å². The van der Waals surface area contributed by atoms with Crippen molar-refractivity contribution >= 4 is 23.2 Å². The van der Waals surface area contributed by atoms with Crippen LogP contribution in [-0.4, -0.2) is 11.0 Å². The van der Waals surface area contributed by atoms with Crippen LogP contribution in [0.5, 0.6) is 5.75 Å². The van der Waals surface area contributed by atoms with Crippen molar-refractivity contribution in [3.8, 4) is 5.75 Å². The monoisotopic (exact) mass is 275 g/mol. The van der Waals surface area contributed by atoms with Gasteiger partial charge in [-0.2, -0.15) is 0 Å². The summed E-state index contributed by atoms with van der Waals surface area (Å²) in [6.45, 7) is 3.73. The summed E-state index contributed by atoms with van der Waals surface area (Å²) in [7, 11) is 0. The molecule has 0 unspecified atom stereocenters. The van der Waals surface area contributed by atoms with E-state index >= 15 is 0 Å². The normalized spacial score (nSPS) is 10.3. The topological polar surface area (TPSA) is 49.3 Å².